The maximum absolute atomic E-state index is 2.29. The fraction of sp³-hybridized carbons (Fsp3) is 1.00. The second-order valence-corrected chi connectivity index (χ2v) is 5.34. The van der Waals surface area contributed by atoms with Gasteiger partial charge in [-0.3, -0.25) is 0 Å². The molecule has 0 N–H and O–H groups in total. The third kappa shape index (κ3) is 8.93. The Hall–Kier alpha value is 0.350. The number of hydrogen-bond acceptors (Lipinski definition) is 1. The molecule has 0 aliphatic carbocycles. The molecule has 0 bridgehead atoms. The van der Waals surface area contributed by atoms with E-state index < -0.39 is 0 Å². The number of unbranched alkanes of at least 4 members (excludes halogenated alkanes) is 5. The summed E-state index contributed by atoms with van der Waals surface area (Å²) in [7, 11) is 0. The van der Waals surface area contributed by atoms with Crippen LogP contribution < -0.4 is 0 Å². The quantitative estimate of drug-likeness (QED) is 0.448. The van der Waals surface area contributed by atoms with E-state index >= 15 is 0 Å². The van der Waals surface area contributed by atoms with Crippen molar-refractivity contribution in [1.29, 1.82) is 0 Å². The standard InChI is InChI=1S/C13H28S/c1-4-6-8-10-12-13(14-3)11-9-7-5-2/h13H,4-12H2,1-3H3. The molecule has 0 spiro atoms. The van der Waals surface area contributed by atoms with E-state index in [1.54, 1.807) is 0 Å². The van der Waals surface area contributed by atoms with Gasteiger partial charge in [0.2, 0.25) is 0 Å². The molecule has 1 atom stereocenters. The van der Waals surface area contributed by atoms with Gasteiger partial charge in [0.25, 0.3) is 0 Å². The Morgan fingerprint density at radius 2 is 1.29 bits per heavy atom. The Bertz CT molecular complexity index is 101. The molecule has 14 heavy (non-hydrogen) atoms. The molecule has 0 amide bonds. The minimum atomic E-state index is 0.943. The van der Waals surface area contributed by atoms with Crippen LogP contribution in [0, 0.1) is 0 Å². The van der Waals surface area contributed by atoms with Crippen molar-refractivity contribution in [2.45, 2.75) is 76.9 Å². The monoisotopic (exact) mass is 216 g/mol. The van der Waals surface area contributed by atoms with Gasteiger partial charge in [0.1, 0.15) is 0 Å². The van der Waals surface area contributed by atoms with Gasteiger partial charge in [0, 0.05) is 5.25 Å². The first kappa shape index (κ1) is 14.3. The summed E-state index contributed by atoms with van der Waals surface area (Å²) in [6.45, 7) is 4.57. The molecular formula is C13H28S. The molecule has 0 aromatic carbocycles. The molecule has 0 aliphatic rings. The normalized spacial score (nSPS) is 13.1. The fourth-order valence-corrected chi connectivity index (χ4v) is 2.61. The lowest BCUT2D eigenvalue weighted by Gasteiger charge is -2.13. The van der Waals surface area contributed by atoms with Crippen LogP contribution in [0.15, 0.2) is 0 Å². The molecule has 1 unspecified atom stereocenters. The predicted octanol–water partition coefficient (Wildman–Crippen LogP) is 5.27. The second-order valence-electron chi connectivity index (χ2n) is 4.20. The lowest BCUT2D eigenvalue weighted by Crippen LogP contribution is -2.01. The summed E-state index contributed by atoms with van der Waals surface area (Å²) in [5.74, 6) is 0. The second kappa shape index (κ2) is 11.4. The van der Waals surface area contributed by atoms with Crippen molar-refractivity contribution >= 4 is 11.8 Å². The Balaban J connectivity index is 3.28. The van der Waals surface area contributed by atoms with E-state index in [4.69, 9.17) is 0 Å². The van der Waals surface area contributed by atoms with Crippen molar-refractivity contribution < 1.29 is 0 Å². The number of rotatable bonds is 10. The molecule has 0 saturated carbocycles. The maximum atomic E-state index is 2.29. The Morgan fingerprint density at radius 3 is 1.79 bits per heavy atom. The number of thioether (sulfide) groups is 1. The highest BCUT2D eigenvalue weighted by Gasteiger charge is 2.05. The summed E-state index contributed by atoms with van der Waals surface area (Å²) in [5.41, 5.74) is 0. The van der Waals surface area contributed by atoms with Crippen molar-refractivity contribution in [2.24, 2.45) is 0 Å². The van der Waals surface area contributed by atoms with E-state index in [1.807, 2.05) is 0 Å². The van der Waals surface area contributed by atoms with Crippen LogP contribution in [-0.4, -0.2) is 11.5 Å². The third-order valence-electron chi connectivity index (χ3n) is 2.84. The molecule has 0 aromatic heterocycles. The topological polar surface area (TPSA) is 0 Å². The fourth-order valence-electron chi connectivity index (χ4n) is 1.80. The van der Waals surface area contributed by atoms with Gasteiger partial charge in [0.15, 0.2) is 0 Å². The SMILES string of the molecule is CCCCCCC(CCCCC)SC. The molecular weight excluding hydrogens is 188 g/mol. The zero-order valence-corrected chi connectivity index (χ0v) is 11.2. The minimum Gasteiger partial charge on any atom is -0.162 e. The van der Waals surface area contributed by atoms with E-state index in [2.05, 4.69) is 31.9 Å². The first-order valence-electron chi connectivity index (χ1n) is 6.37. The predicted molar refractivity (Wildman–Crippen MR) is 70.2 cm³/mol. The van der Waals surface area contributed by atoms with Gasteiger partial charge < -0.3 is 0 Å². The molecule has 0 rings (SSSR count). The van der Waals surface area contributed by atoms with Crippen LogP contribution in [0.25, 0.3) is 0 Å². The molecule has 0 saturated heterocycles. The van der Waals surface area contributed by atoms with Crippen LogP contribution in [0.5, 0.6) is 0 Å². The van der Waals surface area contributed by atoms with Gasteiger partial charge in [-0.15, -0.1) is 0 Å². The van der Waals surface area contributed by atoms with Crippen LogP contribution in [0.4, 0.5) is 0 Å². The van der Waals surface area contributed by atoms with Crippen molar-refractivity contribution in [1.82, 2.24) is 0 Å². The largest absolute Gasteiger partial charge is 0.162 e. The van der Waals surface area contributed by atoms with E-state index in [0.29, 0.717) is 0 Å². The van der Waals surface area contributed by atoms with Crippen LogP contribution in [-0.2, 0) is 0 Å². The average molecular weight is 216 g/mol. The zero-order valence-electron chi connectivity index (χ0n) is 10.3. The third-order valence-corrected chi connectivity index (χ3v) is 3.98. The van der Waals surface area contributed by atoms with E-state index in [0.717, 1.165) is 5.25 Å². The van der Waals surface area contributed by atoms with E-state index in [-0.39, 0.29) is 0 Å². The molecule has 0 fully saturated rings. The molecule has 0 aliphatic heterocycles. The summed E-state index contributed by atoms with van der Waals surface area (Å²) < 4.78 is 0. The molecule has 0 nitrogen and oxygen atoms in total. The highest BCUT2D eigenvalue weighted by atomic mass is 32.2. The Labute approximate surface area is 95.2 Å². The maximum Gasteiger partial charge on any atom is 0.00442 e. The lowest BCUT2D eigenvalue weighted by atomic mass is 10.1. The van der Waals surface area contributed by atoms with Gasteiger partial charge >= 0.3 is 0 Å². The van der Waals surface area contributed by atoms with Gasteiger partial charge in [-0.05, 0) is 19.1 Å². The lowest BCUT2D eigenvalue weighted by molar-refractivity contribution is 0.573. The molecule has 1 heteroatoms. The minimum absolute atomic E-state index is 0.943. The van der Waals surface area contributed by atoms with E-state index in [9.17, 15) is 0 Å². The van der Waals surface area contributed by atoms with Crippen LogP contribution in [0.1, 0.15) is 71.6 Å². The van der Waals surface area contributed by atoms with Gasteiger partial charge in [-0.1, -0.05) is 58.8 Å². The summed E-state index contributed by atoms with van der Waals surface area (Å²) in [6, 6.07) is 0. The highest BCUT2D eigenvalue weighted by Crippen LogP contribution is 2.21. The summed E-state index contributed by atoms with van der Waals surface area (Å²) in [4.78, 5) is 0. The van der Waals surface area contributed by atoms with Crippen LogP contribution in [0.2, 0.25) is 0 Å². The Kier molecular flexibility index (Phi) is 11.7. The van der Waals surface area contributed by atoms with Crippen molar-refractivity contribution in [2.75, 3.05) is 6.26 Å². The van der Waals surface area contributed by atoms with Gasteiger partial charge in [-0.2, -0.15) is 11.8 Å². The molecule has 0 heterocycles. The van der Waals surface area contributed by atoms with Crippen molar-refractivity contribution in [3.05, 3.63) is 0 Å². The van der Waals surface area contributed by atoms with Crippen LogP contribution >= 0.6 is 11.8 Å². The highest BCUT2D eigenvalue weighted by molar-refractivity contribution is 7.99. The number of hydrogen-bond donors (Lipinski definition) is 0. The first-order chi connectivity index (χ1) is 6.85. The Morgan fingerprint density at radius 1 is 0.786 bits per heavy atom. The zero-order chi connectivity index (χ0) is 10.6. The smallest absolute Gasteiger partial charge is 0.00442 e. The van der Waals surface area contributed by atoms with Crippen molar-refractivity contribution in [3.63, 3.8) is 0 Å². The van der Waals surface area contributed by atoms with Crippen molar-refractivity contribution in [3.8, 4) is 0 Å². The summed E-state index contributed by atoms with van der Waals surface area (Å²) in [5, 5.41) is 0.943. The molecule has 0 radical (unpaired) electrons. The molecule has 0 aromatic rings. The average Bonchev–Trinajstić information content (AvgIpc) is 2.22. The first-order valence-corrected chi connectivity index (χ1v) is 7.66. The van der Waals surface area contributed by atoms with E-state index in [1.165, 1.54) is 57.8 Å². The molecule has 86 valence electrons. The summed E-state index contributed by atoms with van der Waals surface area (Å²) >= 11 is 2.08. The van der Waals surface area contributed by atoms with Crippen LogP contribution in [0.3, 0.4) is 0 Å². The summed E-state index contributed by atoms with van der Waals surface area (Å²) in [6.07, 6.45) is 15.1. The van der Waals surface area contributed by atoms with Gasteiger partial charge in [-0.25, -0.2) is 0 Å². The van der Waals surface area contributed by atoms with Gasteiger partial charge in [0.05, 0.1) is 0 Å².